The minimum absolute atomic E-state index is 0.00767. The van der Waals surface area contributed by atoms with Crippen LogP contribution in [0.4, 0.5) is 9.18 Å². The van der Waals surface area contributed by atoms with Crippen LogP contribution in [0.2, 0.25) is 0 Å². The minimum atomic E-state index is -4.37. The van der Waals surface area contributed by atoms with Gasteiger partial charge in [-0.1, -0.05) is 0 Å². The molecule has 2 N–H and O–H groups in total. The molecule has 0 spiro atoms. The average molecular weight is 421 g/mol. The number of amides is 1. The van der Waals surface area contributed by atoms with Crippen molar-refractivity contribution in [3.63, 3.8) is 0 Å². The molecule has 1 aromatic rings. The average Bonchev–Trinajstić information content (AvgIpc) is 3.15. The van der Waals surface area contributed by atoms with Crippen molar-refractivity contribution in [2.24, 2.45) is 13.0 Å². The van der Waals surface area contributed by atoms with E-state index in [2.05, 4.69) is 4.72 Å². The number of esters is 1. The second kappa shape index (κ2) is 8.88. The normalized spacial score (nSPS) is 19.7. The topological polar surface area (TPSA) is 127 Å². The molecule has 0 radical (unpaired) electrons. The van der Waals surface area contributed by atoms with Gasteiger partial charge in [-0.3, -0.25) is 0 Å². The van der Waals surface area contributed by atoms with E-state index in [1.54, 1.807) is 13.8 Å². The summed E-state index contributed by atoms with van der Waals surface area (Å²) in [5.74, 6) is -2.80. The smallest absolute Gasteiger partial charge is 0.409 e. The largest absolute Gasteiger partial charge is 0.461 e. The molecule has 158 valence electrons. The highest BCUT2D eigenvalue weighted by atomic mass is 32.2. The number of rotatable bonds is 7. The van der Waals surface area contributed by atoms with Crippen LogP contribution in [0.3, 0.4) is 0 Å². The van der Waals surface area contributed by atoms with Gasteiger partial charge in [0.1, 0.15) is 4.90 Å². The van der Waals surface area contributed by atoms with Crippen LogP contribution in [0.5, 0.6) is 0 Å². The number of carbonyl (C=O) groups is 2. The molecule has 1 fully saturated rings. The number of aromatic nitrogens is 1. The van der Waals surface area contributed by atoms with Crippen LogP contribution < -0.4 is 4.72 Å². The fourth-order valence-corrected chi connectivity index (χ4v) is 4.43. The van der Waals surface area contributed by atoms with Gasteiger partial charge in [0.25, 0.3) is 0 Å². The molecule has 2 rings (SSSR count). The zero-order valence-corrected chi connectivity index (χ0v) is 16.7. The summed E-state index contributed by atoms with van der Waals surface area (Å²) < 4.78 is 53.0. The van der Waals surface area contributed by atoms with Gasteiger partial charge in [0.2, 0.25) is 10.0 Å². The maximum atomic E-state index is 14.6. The van der Waals surface area contributed by atoms with Crippen LogP contribution in [-0.2, 0) is 26.5 Å². The summed E-state index contributed by atoms with van der Waals surface area (Å²) >= 11 is 0. The molecule has 0 saturated carbocycles. The Labute approximate surface area is 162 Å². The molecule has 0 aliphatic carbocycles. The lowest BCUT2D eigenvalue weighted by molar-refractivity contribution is 0.0509. The number of ether oxygens (including phenoxy) is 2. The molecule has 2 atom stereocenters. The lowest BCUT2D eigenvalue weighted by Crippen LogP contribution is -2.42. The molecule has 1 amide bonds. The van der Waals surface area contributed by atoms with Gasteiger partial charge >= 0.3 is 12.1 Å². The Morgan fingerprint density at radius 2 is 1.93 bits per heavy atom. The molecule has 1 aliphatic heterocycles. The number of likely N-dealkylation sites (tertiary alicyclic amines) is 1. The number of aryl methyl sites for hydroxylation is 1. The first kappa shape index (κ1) is 22.1. The van der Waals surface area contributed by atoms with Crippen molar-refractivity contribution in [2.45, 2.75) is 24.8 Å². The summed E-state index contributed by atoms with van der Waals surface area (Å²) in [4.78, 5) is 24.3. The third-order valence-corrected chi connectivity index (χ3v) is 5.83. The maximum Gasteiger partial charge on any atom is 0.409 e. The molecule has 10 nitrogen and oxygen atoms in total. The Morgan fingerprint density at radius 1 is 1.29 bits per heavy atom. The number of nitrogens with one attached hydrogen (secondary N) is 1. The van der Waals surface area contributed by atoms with Gasteiger partial charge in [0.05, 0.1) is 13.2 Å². The van der Waals surface area contributed by atoms with E-state index in [1.165, 1.54) is 11.9 Å². The second-order valence-electron chi connectivity index (χ2n) is 6.26. The van der Waals surface area contributed by atoms with Crippen LogP contribution >= 0.6 is 0 Å². The maximum absolute atomic E-state index is 14.6. The summed E-state index contributed by atoms with van der Waals surface area (Å²) in [6.45, 7) is 3.01. The number of sulfonamides is 1. The molecule has 2 heterocycles. The third-order valence-electron chi connectivity index (χ3n) is 4.35. The lowest BCUT2D eigenvalue weighted by atomic mass is 10.1. The molecule has 1 aliphatic rings. The quantitative estimate of drug-likeness (QED) is 0.597. The van der Waals surface area contributed by atoms with Crippen molar-refractivity contribution >= 4 is 22.1 Å². The molecule has 0 aromatic carbocycles. The Hall–Kier alpha value is -2.18. The first-order valence-electron chi connectivity index (χ1n) is 8.73. The molecule has 0 bridgehead atoms. The van der Waals surface area contributed by atoms with Crippen molar-refractivity contribution in [2.75, 3.05) is 32.9 Å². The summed E-state index contributed by atoms with van der Waals surface area (Å²) in [7, 11) is -3.05. The first-order chi connectivity index (χ1) is 13.2. The fourth-order valence-electron chi connectivity index (χ4n) is 3.01. The van der Waals surface area contributed by atoms with Crippen LogP contribution in [0.1, 0.15) is 24.3 Å². The predicted molar refractivity (Wildman–Crippen MR) is 94.6 cm³/mol. The number of hydrogen-bond acceptors (Lipinski definition) is 7. The minimum Gasteiger partial charge on any atom is -0.461 e. The molecule has 1 aromatic heterocycles. The van der Waals surface area contributed by atoms with E-state index < -0.39 is 50.5 Å². The van der Waals surface area contributed by atoms with Crippen LogP contribution in [-0.4, -0.2) is 74.0 Å². The summed E-state index contributed by atoms with van der Waals surface area (Å²) in [6, 6.07) is -0.843. The van der Waals surface area contributed by atoms with Gasteiger partial charge in [0, 0.05) is 44.9 Å². The predicted octanol–water partition coefficient (Wildman–Crippen LogP) is 0.0684. The first-order valence-corrected chi connectivity index (χ1v) is 10.2. The van der Waals surface area contributed by atoms with E-state index in [1.807, 2.05) is 0 Å². The number of aliphatic hydroxyl groups excluding tert-OH is 1. The highest BCUT2D eigenvalue weighted by molar-refractivity contribution is 7.89. The fraction of sp³-hybridized carbons (Fsp3) is 0.625. The number of nitrogens with zero attached hydrogens (tertiary/aromatic N) is 2. The SMILES string of the molecule is CCOC(=O)c1c(F)c(S(=O)(=O)N[C@H]2CN(C(=O)OCC)C[C@H]2CO)cn1C. The van der Waals surface area contributed by atoms with Crippen molar-refractivity contribution in [1.29, 1.82) is 0 Å². The van der Waals surface area contributed by atoms with E-state index >= 15 is 0 Å². The molecular weight excluding hydrogens is 397 g/mol. The number of halogens is 1. The number of hydrogen-bond donors (Lipinski definition) is 2. The van der Waals surface area contributed by atoms with E-state index in [4.69, 9.17) is 9.47 Å². The van der Waals surface area contributed by atoms with Crippen LogP contribution in [0, 0.1) is 11.7 Å². The van der Waals surface area contributed by atoms with Crippen molar-refractivity contribution in [3.8, 4) is 0 Å². The van der Waals surface area contributed by atoms with Gasteiger partial charge in [-0.15, -0.1) is 0 Å². The van der Waals surface area contributed by atoms with Gasteiger partial charge in [-0.2, -0.15) is 0 Å². The van der Waals surface area contributed by atoms with E-state index in [0.29, 0.717) is 0 Å². The highest BCUT2D eigenvalue weighted by Gasteiger charge is 2.39. The summed E-state index contributed by atoms with van der Waals surface area (Å²) in [5.41, 5.74) is -0.513. The van der Waals surface area contributed by atoms with Gasteiger partial charge in [0.15, 0.2) is 11.5 Å². The Bertz CT molecular complexity index is 840. The van der Waals surface area contributed by atoms with Gasteiger partial charge in [-0.25, -0.2) is 27.1 Å². The van der Waals surface area contributed by atoms with E-state index in [9.17, 15) is 27.5 Å². The molecule has 1 saturated heterocycles. The Morgan fingerprint density at radius 3 is 2.50 bits per heavy atom. The van der Waals surface area contributed by atoms with Crippen LogP contribution in [0.15, 0.2) is 11.1 Å². The zero-order chi connectivity index (χ0) is 21.1. The summed E-state index contributed by atoms with van der Waals surface area (Å²) in [5, 5.41) is 9.51. The molecule has 0 unspecified atom stereocenters. The van der Waals surface area contributed by atoms with E-state index in [0.717, 1.165) is 10.8 Å². The molecule has 28 heavy (non-hydrogen) atoms. The van der Waals surface area contributed by atoms with Gasteiger partial charge in [-0.05, 0) is 13.8 Å². The van der Waals surface area contributed by atoms with Crippen molar-refractivity contribution in [1.82, 2.24) is 14.2 Å². The Kier molecular flexibility index (Phi) is 7.01. The van der Waals surface area contributed by atoms with Crippen LogP contribution in [0.25, 0.3) is 0 Å². The lowest BCUT2D eigenvalue weighted by Gasteiger charge is -2.17. The molecular formula is C16H24FN3O7S. The summed E-state index contributed by atoms with van der Waals surface area (Å²) in [6.07, 6.45) is 0.341. The standard InChI is InChI=1S/C16H24FN3O7S/c1-4-26-15(22)14-13(17)12(8-19(14)3)28(24,25)18-11-7-20(6-10(11)9-21)16(23)27-5-2/h8,10-11,18,21H,4-7,9H2,1-3H3/t10-,11-/m0/s1. The number of carbonyl (C=O) groups excluding carboxylic acids is 2. The molecule has 12 heteroatoms. The number of aliphatic hydroxyl groups is 1. The Balaban J connectivity index is 2.25. The zero-order valence-electron chi connectivity index (χ0n) is 15.8. The van der Waals surface area contributed by atoms with Crippen molar-refractivity contribution < 1.29 is 37.0 Å². The third kappa shape index (κ3) is 4.45. The monoisotopic (exact) mass is 421 g/mol. The highest BCUT2D eigenvalue weighted by Crippen LogP contribution is 2.24. The van der Waals surface area contributed by atoms with E-state index in [-0.39, 0.29) is 32.9 Å². The second-order valence-corrected chi connectivity index (χ2v) is 7.94. The van der Waals surface area contributed by atoms with Crippen molar-refractivity contribution in [3.05, 3.63) is 17.7 Å². The van der Waals surface area contributed by atoms with Gasteiger partial charge < -0.3 is 24.0 Å².